The number of amides is 1. The Morgan fingerprint density at radius 1 is 1.29 bits per heavy atom. The molecule has 0 heterocycles. The van der Waals surface area contributed by atoms with Crippen molar-refractivity contribution in [1.29, 1.82) is 0 Å². The number of halogens is 1. The van der Waals surface area contributed by atoms with E-state index in [1.807, 2.05) is 6.92 Å². The maximum atomic E-state index is 11.0. The minimum Gasteiger partial charge on any atom is -0.494 e. The second-order valence-electron chi connectivity index (χ2n) is 2.83. The minimum atomic E-state index is -4.14. The highest BCUT2D eigenvalue weighted by atomic mass is 35.7. The highest BCUT2D eigenvalue weighted by Crippen LogP contribution is 2.17. The van der Waals surface area contributed by atoms with Crippen molar-refractivity contribution in [3.05, 3.63) is 24.3 Å². The van der Waals surface area contributed by atoms with Crippen molar-refractivity contribution in [2.45, 2.75) is 6.92 Å². The topological polar surface area (TPSA) is 81.7 Å². The van der Waals surface area contributed by atoms with Gasteiger partial charge in [-0.05, 0) is 31.2 Å². The lowest BCUT2D eigenvalue weighted by Crippen LogP contribution is -2.29. The molecule has 17 heavy (non-hydrogen) atoms. The summed E-state index contributed by atoms with van der Waals surface area (Å²) >= 11 is 0. The van der Waals surface area contributed by atoms with Crippen LogP contribution in [0.4, 0.5) is 4.79 Å². The van der Waals surface area contributed by atoms with Crippen LogP contribution in [0.25, 0.3) is 0 Å². The molecule has 0 aliphatic carbocycles. The van der Waals surface area contributed by atoms with E-state index in [1.54, 1.807) is 12.1 Å². The molecule has 0 unspecified atom stereocenters. The van der Waals surface area contributed by atoms with E-state index in [4.69, 9.17) is 15.4 Å². The molecule has 0 bridgehead atoms. The summed E-state index contributed by atoms with van der Waals surface area (Å²) in [5.74, 6) is 0.788. The lowest BCUT2D eigenvalue weighted by Gasteiger charge is -2.05. The van der Waals surface area contributed by atoms with E-state index in [0.29, 0.717) is 12.4 Å². The number of hydrogen-bond acceptors (Lipinski definition) is 5. The maximum Gasteiger partial charge on any atom is 0.427 e. The van der Waals surface area contributed by atoms with Crippen molar-refractivity contribution in [3.63, 3.8) is 0 Å². The molecule has 1 amide bonds. The Hall–Kier alpha value is -1.47. The van der Waals surface area contributed by atoms with Crippen LogP contribution in [0, 0.1) is 0 Å². The van der Waals surface area contributed by atoms with Gasteiger partial charge in [-0.25, -0.2) is 9.52 Å². The molecule has 1 aromatic rings. The fraction of sp³-hybridized carbons (Fsp3) is 0.222. The van der Waals surface area contributed by atoms with Crippen LogP contribution in [0.1, 0.15) is 6.92 Å². The van der Waals surface area contributed by atoms with Crippen LogP contribution in [-0.2, 0) is 9.24 Å². The van der Waals surface area contributed by atoms with E-state index in [2.05, 4.69) is 4.74 Å². The third-order valence-electron chi connectivity index (χ3n) is 1.55. The van der Waals surface area contributed by atoms with E-state index < -0.39 is 15.3 Å². The Balaban J connectivity index is 2.60. The third-order valence-corrected chi connectivity index (χ3v) is 2.19. The van der Waals surface area contributed by atoms with E-state index in [0.717, 1.165) is 0 Å². The lowest BCUT2D eigenvalue weighted by atomic mass is 10.3. The first-order chi connectivity index (χ1) is 7.90. The number of carbonyl (C=O) groups excluding carboxylic acids is 1. The van der Waals surface area contributed by atoms with Gasteiger partial charge in [0.25, 0.3) is 0 Å². The molecule has 1 N–H and O–H groups in total. The zero-order valence-electron chi connectivity index (χ0n) is 8.84. The third kappa shape index (κ3) is 5.41. The van der Waals surface area contributed by atoms with Gasteiger partial charge in [-0.1, -0.05) is 0 Å². The van der Waals surface area contributed by atoms with E-state index >= 15 is 0 Å². The van der Waals surface area contributed by atoms with E-state index in [1.165, 1.54) is 16.9 Å². The lowest BCUT2D eigenvalue weighted by molar-refractivity contribution is 0.207. The summed E-state index contributed by atoms with van der Waals surface area (Å²) in [6, 6.07) is 6.10. The van der Waals surface area contributed by atoms with E-state index in [-0.39, 0.29) is 5.75 Å². The molecule has 94 valence electrons. The zero-order valence-corrected chi connectivity index (χ0v) is 10.4. The molecule has 0 fully saturated rings. The molecule has 0 saturated heterocycles. The minimum absolute atomic E-state index is 0.172. The van der Waals surface area contributed by atoms with Crippen LogP contribution in [0.3, 0.4) is 0 Å². The Labute approximate surface area is 103 Å². The standard InChI is InChI=1S/C9H10ClNO5S/c1-2-15-7-3-5-8(6-4-7)16-9(12)11-17(10,13)14/h3-6H,2H2,1H3,(H,11,12). The fourth-order valence-electron chi connectivity index (χ4n) is 0.998. The molecule has 8 heteroatoms. The summed E-state index contributed by atoms with van der Waals surface area (Å²) < 4.78 is 32.3. The summed E-state index contributed by atoms with van der Waals surface area (Å²) in [5.41, 5.74) is 0. The smallest absolute Gasteiger partial charge is 0.427 e. The number of ether oxygens (including phenoxy) is 2. The molecular weight excluding hydrogens is 270 g/mol. The summed E-state index contributed by atoms with van der Waals surface area (Å²) in [6.45, 7) is 2.36. The quantitative estimate of drug-likeness (QED) is 0.848. The first-order valence-electron chi connectivity index (χ1n) is 4.58. The summed E-state index contributed by atoms with van der Waals surface area (Å²) in [7, 11) is 0.664. The van der Waals surface area contributed by atoms with Gasteiger partial charge >= 0.3 is 15.3 Å². The molecule has 0 aliphatic rings. The molecule has 0 aliphatic heterocycles. The van der Waals surface area contributed by atoms with Gasteiger partial charge in [0.05, 0.1) is 6.61 Å². The molecule has 1 rings (SSSR count). The van der Waals surface area contributed by atoms with Gasteiger partial charge < -0.3 is 9.47 Å². The summed E-state index contributed by atoms with van der Waals surface area (Å²) in [6.07, 6.45) is -1.18. The van der Waals surface area contributed by atoms with Crippen molar-refractivity contribution in [2.75, 3.05) is 6.61 Å². The summed E-state index contributed by atoms with van der Waals surface area (Å²) in [4.78, 5) is 11.0. The van der Waals surface area contributed by atoms with E-state index in [9.17, 15) is 13.2 Å². The van der Waals surface area contributed by atoms with Gasteiger partial charge in [0.2, 0.25) is 0 Å². The first-order valence-corrected chi connectivity index (χ1v) is 6.88. The molecule has 0 saturated carbocycles. The van der Waals surface area contributed by atoms with Crippen LogP contribution in [0.2, 0.25) is 0 Å². The van der Waals surface area contributed by atoms with Gasteiger partial charge in [-0.3, -0.25) is 0 Å². The molecule has 6 nitrogen and oxygen atoms in total. The van der Waals surface area contributed by atoms with Gasteiger partial charge in [0.15, 0.2) is 0 Å². The molecule has 1 aromatic carbocycles. The normalized spacial score (nSPS) is 10.7. The van der Waals surface area contributed by atoms with Crippen LogP contribution in [0.15, 0.2) is 24.3 Å². The second-order valence-corrected chi connectivity index (χ2v) is 5.13. The number of carbonyl (C=O) groups is 1. The predicted molar refractivity (Wildman–Crippen MR) is 61.5 cm³/mol. The van der Waals surface area contributed by atoms with Crippen LogP contribution < -0.4 is 14.2 Å². The van der Waals surface area contributed by atoms with Crippen molar-refractivity contribution >= 4 is 26.0 Å². The van der Waals surface area contributed by atoms with Gasteiger partial charge in [0, 0.05) is 10.7 Å². The molecule has 0 radical (unpaired) electrons. The number of rotatable bonds is 4. The predicted octanol–water partition coefficient (Wildman–Crippen LogP) is 1.66. The Kier molecular flexibility index (Phi) is 4.59. The van der Waals surface area contributed by atoms with Crippen molar-refractivity contribution in [2.24, 2.45) is 0 Å². The fourth-order valence-corrected chi connectivity index (χ4v) is 1.43. The van der Waals surface area contributed by atoms with Gasteiger partial charge in [-0.2, -0.15) is 8.42 Å². The van der Waals surface area contributed by atoms with Crippen LogP contribution in [-0.4, -0.2) is 21.1 Å². The Morgan fingerprint density at radius 2 is 1.82 bits per heavy atom. The number of nitrogens with one attached hydrogen (secondary N) is 1. The second kappa shape index (κ2) is 5.74. The highest BCUT2D eigenvalue weighted by molar-refractivity contribution is 8.12. The van der Waals surface area contributed by atoms with Crippen LogP contribution >= 0.6 is 10.7 Å². The summed E-state index contributed by atoms with van der Waals surface area (Å²) in [5, 5.41) is 0. The monoisotopic (exact) mass is 279 g/mol. The highest BCUT2D eigenvalue weighted by Gasteiger charge is 2.12. The maximum absolute atomic E-state index is 11.0. The molecular formula is C9H10ClNO5S. The first kappa shape index (κ1) is 13.6. The SMILES string of the molecule is CCOc1ccc(OC(=O)NS(=O)(=O)Cl)cc1. The largest absolute Gasteiger partial charge is 0.494 e. The average Bonchev–Trinajstić information content (AvgIpc) is 2.18. The van der Waals surface area contributed by atoms with Crippen molar-refractivity contribution in [3.8, 4) is 11.5 Å². The Morgan fingerprint density at radius 3 is 2.29 bits per heavy atom. The molecule has 0 atom stereocenters. The number of benzene rings is 1. The van der Waals surface area contributed by atoms with Crippen LogP contribution in [0.5, 0.6) is 11.5 Å². The van der Waals surface area contributed by atoms with Gasteiger partial charge in [-0.15, -0.1) is 0 Å². The van der Waals surface area contributed by atoms with Crippen molar-refractivity contribution in [1.82, 2.24) is 4.72 Å². The Bertz CT molecular complexity index is 485. The zero-order chi connectivity index (χ0) is 12.9. The molecule has 0 aromatic heterocycles. The molecule has 0 spiro atoms. The van der Waals surface area contributed by atoms with Crippen molar-refractivity contribution < 1.29 is 22.7 Å². The number of hydrogen-bond donors (Lipinski definition) is 1. The average molecular weight is 280 g/mol. The van der Waals surface area contributed by atoms with Gasteiger partial charge in [0.1, 0.15) is 11.5 Å².